The minimum absolute atomic E-state index is 0.140. The van der Waals surface area contributed by atoms with E-state index in [1.54, 1.807) is 32.7 Å². The number of aryl methyl sites for hydroxylation is 1. The second-order valence-electron chi connectivity index (χ2n) is 8.02. The number of fused-ring (bicyclic) bond motifs is 2. The van der Waals surface area contributed by atoms with Gasteiger partial charge in [0.25, 0.3) is 5.91 Å². The lowest BCUT2D eigenvalue weighted by molar-refractivity contribution is -0.142. The first-order chi connectivity index (χ1) is 16.1. The maximum atomic E-state index is 13.3. The van der Waals surface area contributed by atoms with Gasteiger partial charge in [0.1, 0.15) is 5.75 Å². The van der Waals surface area contributed by atoms with Crippen LogP contribution in [0.25, 0.3) is 10.9 Å². The first-order valence-corrected chi connectivity index (χ1v) is 11.0. The van der Waals surface area contributed by atoms with Crippen molar-refractivity contribution in [2.45, 2.75) is 19.1 Å². The number of ether oxygens (including phenoxy) is 2. The third-order valence-electron chi connectivity index (χ3n) is 5.97. The Morgan fingerprint density at radius 1 is 1.03 bits per heavy atom. The first kappa shape index (κ1) is 21.1. The summed E-state index contributed by atoms with van der Waals surface area (Å²) < 4.78 is 13.0. The number of anilines is 1. The Kier molecular flexibility index (Phi) is 5.78. The summed E-state index contributed by atoms with van der Waals surface area (Å²) in [5.74, 6) is 0.226. The van der Waals surface area contributed by atoms with E-state index in [1.807, 2.05) is 30.3 Å². The molecule has 9 nitrogen and oxygen atoms in total. The van der Waals surface area contributed by atoms with Crippen LogP contribution in [0.15, 0.2) is 59.5 Å². The van der Waals surface area contributed by atoms with Crippen molar-refractivity contribution in [2.75, 3.05) is 37.7 Å². The van der Waals surface area contributed by atoms with Gasteiger partial charge in [-0.25, -0.2) is 0 Å². The van der Waals surface area contributed by atoms with Crippen molar-refractivity contribution in [3.63, 3.8) is 0 Å². The minimum Gasteiger partial charge on any atom is -0.476 e. The van der Waals surface area contributed by atoms with Crippen LogP contribution in [0.5, 0.6) is 5.75 Å². The lowest BCUT2D eigenvalue weighted by Gasteiger charge is -2.37. The van der Waals surface area contributed by atoms with Gasteiger partial charge < -0.3 is 19.3 Å². The molecule has 3 aromatic rings. The number of hydrogen-bond acceptors (Lipinski definition) is 6. The molecule has 1 atom stereocenters. The van der Waals surface area contributed by atoms with Gasteiger partial charge in [-0.05, 0) is 24.3 Å². The fraction of sp³-hybridized carbons (Fsp3) is 0.333. The van der Waals surface area contributed by atoms with E-state index in [-0.39, 0.29) is 30.2 Å². The number of hydrogen-bond donors (Lipinski definition) is 0. The summed E-state index contributed by atoms with van der Waals surface area (Å²) >= 11 is 0. The molecule has 2 aliphatic heterocycles. The lowest BCUT2D eigenvalue weighted by atomic mass is 10.1. The number of aromatic nitrogens is 2. The highest BCUT2D eigenvalue weighted by Crippen LogP contribution is 2.34. The summed E-state index contributed by atoms with van der Waals surface area (Å²) in [5.41, 5.74) is 1.17. The number of amides is 2. The predicted octanol–water partition coefficient (Wildman–Crippen LogP) is 1.44. The molecule has 1 fully saturated rings. The molecular formula is C24H24N4O5. The van der Waals surface area contributed by atoms with Crippen LogP contribution >= 0.6 is 0 Å². The van der Waals surface area contributed by atoms with Gasteiger partial charge in [-0.15, -0.1) is 0 Å². The summed E-state index contributed by atoms with van der Waals surface area (Å²) in [6.07, 6.45) is 0.661. The molecule has 5 rings (SSSR count). The largest absolute Gasteiger partial charge is 0.476 e. The molecule has 3 heterocycles. The Labute approximate surface area is 190 Å². The summed E-state index contributed by atoms with van der Waals surface area (Å²) in [7, 11) is 0. The molecule has 0 saturated carbocycles. The van der Waals surface area contributed by atoms with Crippen LogP contribution in [0.2, 0.25) is 0 Å². The molecule has 1 saturated heterocycles. The van der Waals surface area contributed by atoms with Gasteiger partial charge in [0, 0.05) is 24.9 Å². The van der Waals surface area contributed by atoms with E-state index in [2.05, 4.69) is 5.10 Å². The number of para-hydroxylation sites is 3. The molecule has 0 aliphatic carbocycles. The SMILES string of the molecule is O=C([C@H]1CN(C(=O)CCn2ncc(=O)c3ccccc32)c2ccccc2O1)N1CCOCC1. The highest BCUT2D eigenvalue weighted by Gasteiger charge is 2.36. The van der Waals surface area contributed by atoms with E-state index in [1.165, 1.54) is 6.20 Å². The van der Waals surface area contributed by atoms with Crippen molar-refractivity contribution < 1.29 is 19.1 Å². The van der Waals surface area contributed by atoms with Crippen LogP contribution in [0.4, 0.5) is 5.69 Å². The maximum absolute atomic E-state index is 13.3. The van der Waals surface area contributed by atoms with Crippen LogP contribution in [-0.4, -0.2) is 65.4 Å². The molecule has 2 aliphatic rings. The van der Waals surface area contributed by atoms with Crippen molar-refractivity contribution in [2.24, 2.45) is 0 Å². The van der Waals surface area contributed by atoms with Gasteiger partial charge in [-0.1, -0.05) is 24.3 Å². The quantitative estimate of drug-likeness (QED) is 0.600. The summed E-state index contributed by atoms with van der Waals surface area (Å²) in [5, 5.41) is 4.77. The Bertz CT molecular complexity index is 1250. The zero-order valence-corrected chi connectivity index (χ0v) is 18.1. The van der Waals surface area contributed by atoms with E-state index in [0.717, 1.165) is 0 Å². The summed E-state index contributed by atoms with van der Waals surface area (Å²) in [4.78, 5) is 41.8. The van der Waals surface area contributed by atoms with Crippen LogP contribution in [0.1, 0.15) is 6.42 Å². The van der Waals surface area contributed by atoms with Crippen LogP contribution < -0.4 is 15.1 Å². The molecule has 2 aromatic carbocycles. The fourth-order valence-corrected chi connectivity index (χ4v) is 4.26. The Balaban J connectivity index is 1.36. The Hall–Kier alpha value is -3.72. The van der Waals surface area contributed by atoms with Gasteiger partial charge in [0.2, 0.25) is 11.3 Å². The topological polar surface area (TPSA) is 94.0 Å². The van der Waals surface area contributed by atoms with Gasteiger partial charge in [-0.3, -0.25) is 19.1 Å². The zero-order chi connectivity index (χ0) is 22.8. The van der Waals surface area contributed by atoms with Crippen molar-refractivity contribution >= 4 is 28.4 Å². The van der Waals surface area contributed by atoms with Gasteiger partial charge in [0.05, 0.1) is 43.7 Å². The van der Waals surface area contributed by atoms with E-state index in [4.69, 9.17) is 9.47 Å². The number of rotatable bonds is 4. The number of morpholine rings is 1. The minimum atomic E-state index is -0.770. The van der Waals surface area contributed by atoms with Crippen LogP contribution in [-0.2, 0) is 20.9 Å². The molecule has 0 N–H and O–H groups in total. The zero-order valence-electron chi connectivity index (χ0n) is 18.1. The second kappa shape index (κ2) is 9.03. The van der Waals surface area contributed by atoms with E-state index in [0.29, 0.717) is 55.2 Å². The first-order valence-electron chi connectivity index (χ1n) is 11.0. The molecule has 1 aromatic heterocycles. The molecule has 9 heteroatoms. The molecule has 33 heavy (non-hydrogen) atoms. The number of nitrogens with zero attached hydrogens (tertiary/aromatic N) is 4. The van der Waals surface area contributed by atoms with Crippen molar-refractivity contribution in [1.29, 1.82) is 0 Å². The smallest absolute Gasteiger partial charge is 0.265 e. The summed E-state index contributed by atoms with van der Waals surface area (Å²) in [6, 6.07) is 14.4. The van der Waals surface area contributed by atoms with E-state index >= 15 is 0 Å². The molecule has 170 valence electrons. The Morgan fingerprint density at radius 3 is 2.64 bits per heavy atom. The third-order valence-corrected chi connectivity index (χ3v) is 5.97. The monoisotopic (exact) mass is 448 g/mol. The van der Waals surface area contributed by atoms with Gasteiger partial charge >= 0.3 is 0 Å². The van der Waals surface area contributed by atoms with Crippen molar-refractivity contribution in [1.82, 2.24) is 14.7 Å². The van der Waals surface area contributed by atoms with Crippen LogP contribution in [0.3, 0.4) is 0 Å². The Morgan fingerprint density at radius 2 is 1.79 bits per heavy atom. The fourth-order valence-electron chi connectivity index (χ4n) is 4.26. The van der Waals surface area contributed by atoms with Crippen molar-refractivity contribution in [3.8, 4) is 5.75 Å². The normalized spacial score (nSPS) is 18.0. The number of carbonyl (C=O) groups is 2. The van der Waals surface area contributed by atoms with Crippen molar-refractivity contribution in [3.05, 3.63) is 65.0 Å². The molecule has 0 radical (unpaired) electrons. The highest BCUT2D eigenvalue weighted by atomic mass is 16.5. The average Bonchev–Trinajstić information content (AvgIpc) is 2.87. The molecule has 0 spiro atoms. The standard InChI is InChI=1S/C24H24N4O5/c29-20-15-25-28(18-6-2-1-5-17(18)20)10-9-23(30)27-16-22(24(31)26-11-13-32-14-12-26)33-21-8-4-3-7-19(21)27/h1-8,15,22H,9-14,16H2/t22-/m1/s1. The molecule has 0 unspecified atom stereocenters. The maximum Gasteiger partial charge on any atom is 0.265 e. The van der Waals surface area contributed by atoms with Crippen LogP contribution in [0, 0.1) is 0 Å². The average molecular weight is 448 g/mol. The number of benzene rings is 2. The summed E-state index contributed by atoms with van der Waals surface area (Å²) in [6.45, 7) is 2.47. The predicted molar refractivity (Wildman–Crippen MR) is 121 cm³/mol. The molecular weight excluding hydrogens is 424 g/mol. The molecule has 0 bridgehead atoms. The molecule has 2 amide bonds. The lowest BCUT2D eigenvalue weighted by Crippen LogP contribution is -2.54. The highest BCUT2D eigenvalue weighted by molar-refractivity contribution is 5.97. The van der Waals surface area contributed by atoms with Gasteiger partial charge in [0.15, 0.2) is 6.10 Å². The number of carbonyl (C=O) groups excluding carboxylic acids is 2. The van der Waals surface area contributed by atoms with E-state index < -0.39 is 6.10 Å². The third kappa shape index (κ3) is 4.19. The van der Waals surface area contributed by atoms with Gasteiger partial charge in [-0.2, -0.15) is 5.10 Å². The second-order valence-corrected chi connectivity index (χ2v) is 8.02. The van der Waals surface area contributed by atoms with E-state index in [9.17, 15) is 14.4 Å².